The zero-order valence-corrected chi connectivity index (χ0v) is 15.5. The summed E-state index contributed by atoms with van der Waals surface area (Å²) in [5.74, 6) is 0.0598. The minimum atomic E-state index is 0.0598. The number of likely N-dealkylation sites (tertiary alicyclic amines) is 1. The van der Waals surface area contributed by atoms with E-state index in [1.54, 1.807) is 0 Å². The van der Waals surface area contributed by atoms with Crippen LogP contribution in [0.1, 0.15) is 18.1 Å². The second-order valence-electron chi connectivity index (χ2n) is 6.01. The standard InChI is InChI=1S/C21H19Cl2NO/c1-2-24-13-17(11-15-7-3-5-9-19(15)22)21(25)18(14-24)12-16-8-4-6-10-20(16)23/h3-12H,2,13-14H2,1H3/b17-11-,18-12+. The van der Waals surface area contributed by atoms with Crippen LogP contribution in [0, 0.1) is 0 Å². The number of hydrogen-bond acceptors (Lipinski definition) is 2. The number of carbonyl (C=O) groups excluding carboxylic acids is 1. The third-order valence-corrected chi connectivity index (χ3v) is 4.98. The first-order valence-electron chi connectivity index (χ1n) is 8.25. The SMILES string of the molecule is CCN1C/C(=C/c2ccccc2Cl)C(=O)/C(=C/c2ccccc2Cl)C1. The van der Waals surface area contributed by atoms with E-state index in [1.807, 2.05) is 60.7 Å². The molecule has 0 unspecified atom stereocenters. The molecule has 1 fully saturated rings. The van der Waals surface area contributed by atoms with Gasteiger partial charge in [0.05, 0.1) is 0 Å². The predicted octanol–water partition coefficient (Wildman–Crippen LogP) is 5.37. The lowest BCUT2D eigenvalue weighted by Gasteiger charge is -2.28. The van der Waals surface area contributed by atoms with E-state index in [-0.39, 0.29) is 5.78 Å². The van der Waals surface area contributed by atoms with E-state index >= 15 is 0 Å². The first-order valence-corrected chi connectivity index (χ1v) is 9.01. The maximum Gasteiger partial charge on any atom is 0.187 e. The van der Waals surface area contributed by atoms with Crippen LogP contribution in [0.5, 0.6) is 0 Å². The van der Waals surface area contributed by atoms with Crippen LogP contribution in [0.15, 0.2) is 59.7 Å². The van der Waals surface area contributed by atoms with Gasteiger partial charge in [0.15, 0.2) is 5.78 Å². The normalized spacial score (nSPS) is 18.9. The number of likely N-dealkylation sites (N-methyl/N-ethyl adjacent to an activating group) is 1. The van der Waals surface area contributed by atoms with Gasteiger partial charge < -0.3 is 0 Å². The first-order chi connectivity index (χ1) is 12.1. The van der Waals surface area contributed by atoms with Crippen molar-refractivity contribution in [2.45, 2.75) is 6.92 Å². The third kappa shape index (κ3) is 4.21. The quantitative estimate of drug-likeness (QED) is 0.676. The van der Waals surface area contributed by atoms with Crippen molar-refractivity contribution in [1.29, 1.82) is 0 Å². The minimum Gasteiger partial charge on any atom is -0.295 e. The van der Waals surface area contributed by atoms with E-state index in [0.717, 1.165) is 28.8 Å². The van der Waals surface area contributed by atoms with E-state index in [9.17, 15) is 4.79 Å². The van der Waals surface area contributed by atoms with Crippen molar-refractivity contribution < 1.29 is 4.79 Å². The monoisotopic (exact) mass is 371 g/mol. The zero-order valence-electron chi connectivity index (χ0n) is 14.0. The highest BCUT2D eigenvalue weighted by Gasteiger charge is 2.25. The molecule has 0 amide bonds. The number of Topliss-reactive ketones (excluding diaryl/α,β-unsaturated/α-hetero) is 1. The molecule has 1 aliphatic heterocycles. The highest BCUT2D eigenvalue weighted by atomic mass is 35.5. The average Bonchev–Trinajstić information content (AvgIpc) is 2.62. The number of nitrogens with zero attached hydrogens (tertiary/aromatic N) is 1. The predicted molar refractivity (Wildman–Crippen MR) is 106 cm³/mol. The summed E-state index contributed by atoms with van der Waals surface area (Å²) in [5, 5.41) is 1.29. The Morgan fingerprint density at radius 2 is 1.32 bits per heavy atom. The molecule has 0 N–H and O–H groups in total. The van der Waals surface area contributed by atoms with E-state index in [2.05, 4.69) is 11.8 Å². The van der Waals surface area contributed by atoms with E-state index in [0.29, 0.717) is 23.1 Å². The number of hydrogen-bond donors (Lipinski definition) is 0. The van der Waals surface area contributed by atoms with Gasteiger partial charge in [-0.1, -0.05) is 66.5 Å². The molecule has 0 aliphatic carbocycles. The summed E-state index contributed by atoms with van der Waals surface area (Å²) in [6, 6.07) is 15.1. The number of piperidine rings is 1. The van der Waals surface area contributed by atoms with E-state index in [1.165, 1.54) is 0 Å². The molecule has 1 heterocycles. The molecular weight excluding hydrogens is 353 g/mol. The van der Waals surface area contributed by atoms with Crippen LogP contribution in [0.2, 0.25) is 10.0 Å². The Hall–Kier alpha value is -1.87. The van der Waals surface area contributed by atoms with Gasteiger partial charge >= 0.3 is 0 Å². The lowest BCUT2D eigenvalue weighted by molar-refractivity contribution is -0.113. The number of carbonyl (C=O) groups is 1. The van der Waals surface area contributed by atoms with Crippen molar-refractivity contribution >= 4 is 41.1 Å². The number of halogens is 2. The summed E-state index contributed by atoms with van der Waals surface area (Å²) < 4.78 is 0. The molecule has 3 rings (SSSR count). The van der Waals surface area contributed by atoms with Crippen LogP contribution < -0.4 is 0 Å². The fourth-order valence-electron chi connectivity index (χ4n) is 2.89. The number of ketones is 1. The topological polar surface area (TPSA) is 20.3 Å². The lowest BCUT2D eigenvalue weighted by Crippen LogP contribution is -2.37. The summed E-state index contributed by atoms with van der Waals surface area (Å²) in [5.41, 5.74) is 3.23. The maximum atomic E-state index is 13.0. The maximum absolute atomic E-state index is 13.0. The smallest absolute Gasteiger partial charge is 0.187 e. The van der Waals surface area contributed by atoms with Crippen molar-refractivity contribution in [3.8, 4) is 0 Å². The van der Waals surface area contributed by atoms with Gasteiger partial charge in [-0.25, -0.2) is 0 Å². The fraction of sp³-hybridized carbons (Fsp3) is 0.190. The van der Waals surface area contributed by atoms with Crippen LogP contribution in [-0.2, 0) is 4.79 Å². The molecule has 2 aromatic carbocycles. The highest BCUT2D eigenvalue weighted by molar-refractivity contribution is 6.33. The van der Waals surface area contributed by atoms with Crippen molar-refractivity contribution in [1.82, 2.24) is 4.90 Å². The molecule has 25 heavy (non-hydrogen) atoms. The Labute approximate surface area is 158 Å². The van der Waals surface area contributed by atoms with Crippen molar-refractivity contribution in [3.05, 3.63) is 80.8 Å². The minimum absolute atomic E-state index is 0.0598. The summed E-state index contributed by atoms with van der Waals surface area (Å²) in [6.45, 7) is 4.21. The third-order valence-electron chi connectivity index (χ3n) is 4.29. The van der Waals surface area contributed by atoms with Crippen LogP contribution in [-0.4, -0.2) is 30.3 Å². The lowest BCUT2D eigenvalue weighted by atomic mass is 9.94. The van der Waals surface area contributed by atoms with Crippen molar-refractivity contribution in [2.24, 2.45) is 0 Å². The molecule has 0 radical (unpaired) electrons. The highest BCUT2D eigenvalue weighted by Crippen LogP contribution is 2.26. The molecule has 0 spiro atoms. The van der Waals surface area contributed by atoms with Gasteiger partial charge in [0, 0.05) is 34.3 Å². The Balaban J connectivity index is 2.00. The molecule has 4 heteroatoms. The summed E-state index contributed by atoms with van der Waals surface area (Å²) in [7, 11) is 0. The molecule has 0 aromatic heterocycles. The molecule has 0 saturated carbocycles. The van der Waals surface area contributed by atoms with Crippen molar-refractivity contribution in [2.75, 3.05) is 19.6 Å². The average molecular weight is 372 g/mol. The molecule has 2 nitrogen and oxygen atoms in total. The Morgan fingerprint density at radius 1 is 0.880 bits per heavy atom. The zero-order chi connectivity index (χ0) is 17.8. The van der Waals surface area contributed by atoms with Gasteiger partial charge in [0.25, 0.3) is 0 Å². The molecule has 128 valence electrons. The summed E-state index contributed by atoms with van der Waals surface area (Å²) in [4.78, 5) is 15.2. The van der Waals surface area contributed by atoms with E-state index < -0.39 is 0 Å². The Kier molecular flexibility index (Phi) is 5.74. The van der Waals surface area contributed by atoms with Crippen LogP contribution in [0.25, 0.3) is 12.2 Å². The molecule has 1 saturated heterocycles. The van der Waals surface area contributed by atoms with Crippen LogP contribution in [0.4, 0.5) is 0 Å². The second-order valence-corrected chi connectivity index (χ2v) is 6.83. The summed E-state index contributed by atoms with van der Waals surface area (Å²) in [6.07, 6.45) is 3.79. The van der Waals surface area contributed by atoms with Gasteiger partial charge in [-0.15, -0.1) is 0 Å². The molecule has 0 atom stereocenters. The number of rotatable bonds is 3. The van der Waals surface area contributed by atoms with Crippen LogP contribution in [0.3, 0.4) is 0 Å². The fourth-order valence-corrected chi connectivity index (χ4v) is 3.27. The molecule has 2 aromatic rings. The Morgan fingerprint density at radius 3 is 1.72 bits per heavy atom. The first kappa shape index (κ1) is 17.9. The summed E-state index contributed by atoms with van der Waals surface area (Å²) >= 11 is 12.5. The van der Waals surface area contributed by atoms with Gasteiger partial charge in [0.1, 0.15) is 0 Å². The largest absolute Gasteiger partial charge is 0.295 e. The molecule has 0 bridgehead atoms. The van der Waals surface area contributed by atoms with Gasteiger partial charge in [-0.05, 0) is 42.0 Å². The van der Waals surface area contributed by atoms with E-state index in [4.69, 9.17) is 23.2 Å². The number of benzene rings is 2. The Bertz CT molecular complexity index is 787. The van der Waals surface area contributed by atoms with Gasteiger partial charge in [-0.3, -0.25) is 9.69 Å². The molecular formula is C21H19Cl2NO. The second kappa shape index (κ2) is 8.01. The van der Waals surface area contributed by atoms with Crippen molar-refractivity contribution in [3.63, 3.8) is 0 Å². The van der Waals surface area contributed by atoms with Gasteiger partial charge in [0.2, 0.25) is 0 Å². The van der Waals surface area contributed by atoms with Crippen LogP contribution >= 0.6 is 23.2 Å². The van der Waals surface area contributed by atoms with Gasteiger partial charge in [-0.2, -0.15) is 0 Å². The molecule has 1 aliphatic rings.